The maximum atomic E-state index is 5.38. The smallest absolute Gasteiger partial charge is 0.0545 e. The molecule has 0 aromatic rings. The van der Waals surface area contributed by atoms with Gasteiger partial charge in [0.2, 0.25) is 0 Å². The Balaban J connectivity index is 1.53. The van der Waals surface area contributed by atoms with Gasteiger partial charge in [-0.25, -0.2) is 0 Å². The molecule has 0 radical (unpaired) electrons. The van der Waals surface area contributed by atoms with Crippen LogP contribution in [0, 0.1) is 10.8 Å². The summed E-state index contributed by atoms with van der Waals surface area (Å²) in [7, 11) is 2.34. The predicted molar refractivity (Wildman–Crippen MR) is 79.2 cm³/mol. The zero-order chi connectivity index (χ0) is 13.7. The van der Waals surface area contributed by atoms with E-state index in [1.807, 2.05) is 0 Å². The average molecular weight is 263 g/mol. The third-order valence-corrected chi connectivity index (χ3v) is 5.65. The highest BCUT2D eigenvalue weighted by Gasteiger charge is 2.51. The lowest BCUT2D eigenvalue weighted by Gasteiger charge is -2.57. The molecule has 2 nitrogen and oxygen atoms in total. The maximum absolute atomic E-state index is 5.38. The Morgan fingerprint density at radius 1 is 1.21 bits per heavy atom. The lowest BCUT2D eigenvalue weighted by atomic mass is 9.63. The monoisotopic (exact) mass is 263 g/mol. The standard InChI is InChI=1S/C17H29NO/c1-16(2,3)13-5-7-14(8-6-13)18(4)15-9-17(10-15)11-19-12-17/h5,14-15H,6-12H2,1-4H3. The van der Waals surface area contributed by atoms with Crippen LogP contribution in [-0.2, 0) is 4.74 Å². The molecule has 3 aliphatic rings. The first-order valence-electron chi connectivity index (χ1n) is 7.89. The Morgan fingerprint density at radius 3 is 2.32 bits per heavy atom. The van der Waals surface area contributed by atoms with Crippen LogP contribution in [0.3, 0.4) is 0 Å². The first-order valence-corrected chi connectivity index (χ1v) is 7.89. The molecule has 1 atom stereocenters. The van der Waals surface area contributed by atoms with Crippen LogP contribution in [0.15, 0.2) is 11.6 Å². The van der Waals surface area contributed by atoms with E-state index in [9.17, 15) is 0 Å². The van der Waals surface area contributed by atoms with Crippen LogP contribution in [0.1, 0.15) is 52.9 Å². The van der Waals surface area contributed by atoms with Crippen molar-refractivity contribution in [3.8, 4) is 0 Å². The Hall–Kier alpha value is -0.340. The van der Waals surface area contributed by atoms with Crippen molar-refractivity contribution in [1.82, 2.24) is 4.90 Å². The number of rotatable bonds is 2. The van der Waals surface area contributed by atoms with Crippen LogP contribution in [-0.4, -0.2) is 37.2 Å². The van der Waals surface area contributed by atoms with Crippen molar-refractivity contribution in [3.05, 3.63) is 11.6 Å². The van der Waals surface area contributed by atoms with Gasteiger partial charge in [0.15, 0.2) is 0 Å². The third kappa shape index (κ3) is 2.50. The maximum Gasteiger partial charge on any atom is 0.0545 e. The molecule has 2 fully saturated rings. The summed E-state index contributed by atoms with van der Waals surface area (Å²) < 4.78 is 5.38. The Bertz CT molecular complexity index is 367. The molecule has 0 aromatic carbocycles. The van der Waals surface area contributed by atoms with Crippen molar-refractivity contribution in [3.63, 3.8) is 0 Å². The highest BCUT2D eigenvalue weighted by molar-refractivity contribution is 5.15. The summed E-state index contributed by atoms with van der Waals surface area (Å²) >= 11 is 0. The Labute approximate surface area is 118 Å². The van der Waals surface area contributed by atoms with Gasteiger partial charge in [0.05, 0.1) is 13.2 Å². The summed E-state index contributed by atoms with van der Waals surface area (Å²) in [5.74, 6) is 0. The minimum absolute atomic E-state index is 0.368. The second kappa shape index (κ2) is 4.60. The quantitative estimate of drug-likeness (QED) is 0.706. The van der Waals surface area contributed by atoms with Gasteiger partial charge >= 0.3 is 0 Å². The van der Waals surface area contributed by atoms with Crippen LogP contribution in [0.5, 0.6) is 0 Å². The van der Waals surface area contributed by atoms with Gasteiger partial charge in [-0.1, -0.05) is 32.4 Å². The fourth-order valence-electron chi connectivity index (χ4n) is 4.02. The summed E-state index contributed by atoms with van der Waals surface area (Å²) in [6, 6.07) is 1.59. The molecule has 0 aromatic heterocycles. The molecule has 19 heavy (non-hydrogen) atoms. The molecule has 0 amide bonds. The predicted octanol–water partition coefficient (Wildman–Crippen LogP) is 3.62. The molecule has 2 aliphatic carbocycles. The van der Waals surface area contributed by atoms with Gasteiger partial charge in [0.25, 0.3) is 0 Å². The van der Waals surface area contributed by atoms with Crippen LogP contribution in [0.4, 0.5) is 0 Å². The molecule has 1 heterocycles. The first kappa shape index (κ1) is 13.6. The topological polar surface area (TPSA) is 12.5 Å². The second-order valence-electron chi connectivity index (χ2n) is 8.13. The van der Waals surface area contributed by atoms with E-state index in [1.54, 1.807) is 5.57 Å². The van der Waals surface area contributed by atoms with E-state index in [4.69, 9.17) is 4.74 Å². The fourth-order valence-corrected chi connectivity index (χ4v) is 4.02. The molecule has 0 bridgehead atoms. The van der Waals surface area contributed by atoms with E-state index in [0.29, 0.717) is 10.8 Å². The van der Waals surface area contributed by atoms with Gasteiger partial charge in [-0.3, -0.25) is 0 Å². The summed E-state index contributed by atoms with van der Waals surface area (Å²) in [4.78, 5) is 2.67. The largest absolute Gasteiger partial charge is 0.380 e. The van der Waals surface area contributed by atoms with Gasteiger partial charge in [0.1, 0.15) is 0 Å². The highest BCUT2D eigenvalue weighted by atomic mass is 16.5. The van der Waals surface area contributed by atoms with Crippen molar-refractivity contribution in [2.75, 3.05) is 20.3 Å². The van der Waals surface area contributed by atoms with Crippen LogP contribution >= 0.6 is 0 Å². The molecule has 1 saturated heterocycles. The third-order valence-electron chi connectivity index (χ3n) is 5.65. The molecular formula is C17H29NO. The lowest BCUT2D eigenvalue weighted by Crippen LogP contribution is -2.60. The van der Waals surface area contributed by atoms with Gasteiger partial charge in [0, 0.05) is 17.5 Å². The average Bonchev–Trinajstić information content (AvgIpc) is 2.24. The molecule has 1 saturated carbocycles. The van der Waals surface area contributed by atoms with Crippen LogP contribution in [0.25, 0.3) is 0 Å². The summed E-state index contributed by atoms with van der Waals surface area (Å²) in [6.07, 6.45) is 9.15. The van der Waals surface area contributed by atoms with E-state index in [-0.39, 0.29) is 0 Å². The van der Waals surface area contributed by atoms with E-state index < -0.39 is 0 Å². The van der Waals surface area contributed by atoms with Crippen molar-refractivity contribution in [2.45, 2.75) is 65.0 Å². The molecule has 3 rings (SSSR count). The molecule has 1 unspecified atom stereocenters. The van der Waals surface area contributed by atoms with E-state index in [1.165, 1.54) is 32.1 Å². The molecule has 1 spiro atoms. The van der Waals surface area contributed by atoms with Crippen molar-refractivity contribution in [1.29, 1.82) is 0 Å². The zero-order valence-electron chi connectivity index (χ0n) is 13.0. The van der Waals surface area contributed by atoms with Gasteiger partial charge in [-0.2, -0.15) is 0 Å². The highest BCUT2D eigenvalue weighted by Crippen LogP contribution is 2.49. The zero-order valence-corrected chi connectivity index (χ0v) is 13.0. The molecular weight excluding hydrogens is 234 g/mol. The molecule has 2 heteroatoms. The van der Waals surface area contributed by atoms with E-state index in [0.717, 1.165) is 25.3 Å². The number of allylic oxidation sites excluding steroid dienone is 1. The number of nitrogens with zero attached hydrogens (tertiary/aromatic N) is 1. The number of hydrogen-bond donors (Lipinski definition) is 0. The number of hydrogen-bond acceptors (Lipinski definition) is 2. The summed E-state index contributed by atoms with van der Waals surface area (Å²) in [6.45, 7) is 9.08. The minimum Gasteiger partial charge on any atom is -0.380 e. The summed E-state index contributed by atoms with van der Waals surface area (Å²) in [5, 5.41) is 0. The SMILES string of the molecule is CN(C1CC=C(C(C)(C)C)CC1)C1CC2(COC2)C1. The van der Waals surface area contributed by atoms with Gasteiger partial charge < -0.3 is 9.64 Å². The summed E-state index contributed by atoms with van der Waals surface area (Å²) in [5.41, 5.74) is 2.63. The molecule has 0 N–H and O–H groups in total. The van der Waals surface area contributed by atoms with Crippen molar-refractivity contribution < 1.29 is 4.74 Å². The lowest BCUT2D eigenvalue weighted by molar-refractivity contribution is -0.185. The Kier molecular flexibility index (Phi) is 3.30. The fraction of sp³-hybridized carbons (Fsp3) is 0.882. The Morgan fingerprint density at radius 2 is 1.89 bits per heavy atom. The minimum atomic E-state index is 0.368. The first-order chi connectivity index (χ1) is 8.90. The second-order valence-corrected chi connectivity index (χ2v) is 8.13. The van der Waals surface area contributed by atoms with Crippen molar-refractivity contribution in [2.24, 2.45) is 10.8 Å². The van der Waals surface area contributed by atoms with Crippen LogP contribution < -0.4 is 0 Å². The van der Waals surface area contributed by atoms with E-state index >= 15 is 0 Å². The van der Waals surface area contributed by atoms with Crippen molar-refractivity contribution >= 4 is 0 Å². The normalized spacial score (nSPS) is 31.0. The molecule has 108 valence electrons. The van der Waals surface area contributed by atoms with E-state index in [2.05, 4.69) is 38.8 Å². The number of ether oxygens (including phenoxy) is 1. The van der Waals surface area contributed by atoms with Crippen LogP contribution in [0.2, 0.25) is 0 Å². The molecule has 1 aliphatic heterocycles. The van der Waals surface area contributed by atoms with Gasteiger partial charge in [-0.15, -0.1) is 0 Å². The van der Waals surface area contributed by atoms with Gasteiger partial charge in [-0.05, 0) is 44.6 Å².